The largest absolute Gasteiger partial charge is 0.493 e. The zero-order chi connectivity index (χ0) is 22.3. The number of benzene rings is 3. The molecule has 2 N–H and O–H groups in total. The van der Waals surface area contributed by atoms with E-state index in [0.29, 0.717) is 13.2 Å². The summed E-state index contributed by atoms with van der Waals surface area (Å²) in [6.07, 6.45) is 1.89. The van der Waals surface area contributed by atoms with Gasteiger partial charge in [-0.2, -0.15) is 0 Å². The van der Waals surface area contributed by atoms with Crippen LogP contribution in [0.5, 0.6) is 11.5 Å². The lowest BCUT2D eigenvalue weighted by atomic mass is 10.1. The van der Waals surface area contributed by atoms with Crippen molar-refractivity contribution in [1.29, 1.82) is 0 Å². The van der Waals surface area contributed by atoms with E-state index in [9.17, 15) is 0 Å². The van der Waals surface area contributed by atoms with E-state index >= 15 is 0 Å². The Morgan fingerprint density at radius 1 is 1.03 bits per heavy atom. The first-order chi connectivity index (χ1) is 15.6. The molecule has 166 valence electrons. The van der Waals surface area contributed by atoms with Crippen molar-refractivity contribution in [1.82, 2.24) is 15.3 Å². The van der Waals surface area contributed by atoms with Crippen LogP contribution in [0.4, 0.5) is 0 Å². The first kappa shape index (κ1) is 22.4. The molecular weight excluding hydrogens is 466 g/mol. The second kappa shape index (κ2) is 10.7. The van der Waals surface area contributed by atoms with Crippen molar-refractivity contribution in [2.24, 2.45) is 0 Å². The SMILES string of the molecule is COc1ccc(Br)c(CNCCCc2nc3ccccc3[nH]2)c1OCc1ccc(C)cc1. The van der Waals surface area contributed by atoms with Gasteiger partial charge in [0.25, 0.3) is 0 Å². The smallest absolute Gasteiger partial charge is 0.167 e. The van der Waals surface area contributed by atoms with E-state index in [1.54, 1.807) is 7.11 Å². The molecule has 0 aliphatic rings. The minimum absolute atomic E-state index is 0.492. The van der Waals surface area contributed by atoms with E-state index in [1.165, 1.54) is 5.56 Å². The maximum absolute atomic E-state index is 6.22. The Bertz CT molecular complexity index is 1140. The summed E-state index contributed by atoms with van der Waals surface area (Å²) in [5.41, 5.74) is 5.53. The molecular formula is C26H28BrN3O2. The number of aromatic nitrogens is 2. The third-order valence-corrected chi connectivity index (χ3v) is 6.14. The minimum atomic E-state index is 0.492. The molecule has 4 aromatic rings. The number of methoxy groups -OCH3 is 1. The van der Waals surface area contributed by atoms with Crippen LogP contribution in [0.3, 0.4) is 0 Å². The fourth-order valence-corrected chi connectivity index (χ4v) is 4.08. The maximum atomic E-state index is 6.22. The van der Waals surface area contributed by atoms with E-state index < -0.39 is 0 Å². The molecule has 6 heteroatoms. The maximum Gasteiger partial charge on any atom is 0.167 e. The number of nitrogens with zero attached hydrogens (tertiary/aromatic N) is 1. The molecule has 0 bridgehead atoms. The monoisotopic (exact) mass is 493 g/mol. The molecule has 1 aromatic heterocycles. The average molecular weight is 494 g/mol. The van der Waals surface area contributed by atoms with E-state index in [1.807, 2.05) is 30.3 Å². The molecule has 0 unspecified atom stereocenters. The Kier molecular flexibility index (Phi) is 7.45. The van der Waals surface area contributed by atoms with Gasteiger partial charge in [-0.05, 0) is 49.7 Å². The zero-order valence-electron chi connectivity index (χ0n) is 18.5. The summed E-state index contributed by atoms with van der Waals surface area (Å²) in [4.78, 5) is 8.04. The summed E-state index contributed by atoms with van der Waals surface area (Å²) < 4.78 is 12.8. The molecule has 0 fully saturated rings. The van der Waals surface area contributed by atoms with Crippen molar-refractivity contribution < 1.29 is 9.47 Å². The average Bonchev–Trinajstić information content (AvgIpc) is 3.22. The summed E-state index contributed by atoms with van der Waals surface area (Å²) in [5, 5.41) is 3.54. The first-order valence-corrected chi connectivity index (χ1v) is 11.6. The number of hydrogen-bond donors (Lipinski definition) is 2. The van der Waals surface area contributed by atoms with Crippen molar-refractivity contribution in [3.05, 3.63) is 87.7 Å². The van der Waals surface area contributed by atoms with Crippen molar-refractivity contribution >= 4 is 27.0 Å². The van der Waals surface area contributed by atoms with Crippen molar-refractivity contribution in [3.63, 3.8) is 0 Å². The summed E-state index contributed by atoms with van der Waals surface area (Å²) in [6, 6.07) is 20.4. The lowest BCUT2D eigenvalue weighted by Gasteiger charge is -2.17. The number of fused-ring (bicyclic) bond motifs is 1. The van der Waals surface area contributed by atoms with Crippen LogP contribution in [0.15, 0.2) is 65.1 Å². The van der Waals surface area contributed by atoms with Gasteiger partial charge >= 0.3 is 0 Å². The summed E-state index contributed by atoms with van der Waals surface area (Å²) >= 11 is 3.68. The number of imidazole rings is 1. The standard InChI is InChI=1S/C26H28BrN3O2/c1-18-9-11-19(12-10-18)17-32-26-20(21(27)13-14-24(26)31-2)16-28-15-5-8-25-29-22-6-3-4-7-23(22)30-25/h3-4,6-7,9-14,28H,5,8,15-17H2,1-2H3,(H,29,30). The van der Waals surface area contributed by atoms with E-state index in [-0.39, 0.29) is 0 Å². The summed E-state index contributed by atoms with van der Waals surface area (Å²) in [5.74, 6) is 2.53. The van der Waals surface area contributed by atoms with Gasteiger partial charge < -0.3 is 19.8 Å². The van der Waals surface area contributed by atoms with Crippen molar-refractivity contribution in [2.45, 2.75) is 32.9 Å². The van der Waals surface area contributed by atoms with E-state index in [4.69, 9.17) is 9.47 Å². The molecule has 0 saturated heterocycles. The van der Waals surface area contributed by atoms with Crippen molar-refractivity contribution in [2.75, 3.05) is 13.7 Å². The van der Waals surface area contributed by atoms with Crippen LogP contribution in [-0.4, -0.2) is 23.6 Å². The second-order valence-corrected chi connectivity index (χ2v) is 8.67. The number of para-hydroxylation sites is 2. The van der Waals surface area contributed by atoms with Gasteiger partial charge in [-0.3, -0.25) is 0 Å². The lowest BCUT2D eigenvalue weighted by Crippen LogP contribution is -2.17. The molecule has 3 aromatic carbocycles. The summed E-state index contributed by atoms with van der Waals surface area (Å²) in [6.45, 7) is 4.13. The highest BCUT2D eigenvalue weighted by Gasteiger charge is 2.15. The van der Waals surface area contributed by atoms with Gasteiger partial charge in [0.05, 0.1) is 18.1 Å². The van der Waals surface area contributed by atoms with Crippen LogP contribution in [0, 0.1) is 6.92 Å². The third kappa shape index (κ3) is 5.50. The Morgan fingerprint density at radius 2 is 1.84 bits per heavy atom. The third-order valence-electron chi connectivity index (χ3n) is 5.40. The molecule has 0 spiro atoms. The molecule has 5 nitrogen and oxygen atoms in total. The highest BCUT2D eigenvalue weighted by Crippen LogP contribution is 2.36. The molecule has 1 heterocycles. The number of H-pyrrole nitrogens is 1. The quantitative estimate of drug-likeness (QED) is 0.268. The Morgan fingerprint density at radius 3 is 2.62 bits per heavy atom. The number of aromatic amines is 1. The van der Waals surface area contributed by atoms with Crippen LogP contribution in [0.1, 0.15) is 28.9 Å². The lowest BCUT2D eigenvalue weighted by molar-refractivity contribution is 0.280. The highest BCUT2D eigenvalue weighted by molar-refractivity contribution is 9.10. The van der Waals surface area contributed by atoms with Crippen LogP contribution in [-0.2, 0) is 19.6 Å². The Hall–Kier alpha value is -2.83. The van der Waals surface area contributed by atoms with Gasteiger partial charge in [-0.1, -0.05) is 57.9 Å². The summed E-state index contributed by atoms with van der Waals surface area (Å²) in [7, 11) is 1.67. The fraction of sp³-hybridized carbons (Fsp3) is 0.269. The fourth-order valence-electron chi connectivity index (χ4n) is 3.62. The molecule has 0 atom stereocenters. The highest BCUT2D eigenvalue weighted by atomic mass is 79.9. The predicted octanol–water partition coefficient (Wildman–Crippen LogP) is 5.94. The molecule has 0 aliphatic carbocycles. The number of aryl methyl sites for hydroxylation is 2. The molecule has 0 saturated carbocycles. The zero-order valence-corrected chi connectivity index (χ0v) is 20.0. The van der Waals surface area contributed by atoms with Gasteiger partial charge in [-0.25, -0.2) is 4.98 Å². The van der Waals surface area contributed by atoms with Crippen LogP contribution in [0.25, 0.3) is 11.0 Å². The molecule has 0 radical (unpaired) electrons. The van der Waals surface area contributed by atoms with Gasteiger partial charge in [0.2, 0.25) is 0 Å². The van der Waals surface area contributed by atoms with Crippen LogP contribution < -0.4 is 14.8 Å². The van der Waals surface area contributed by atoms with Crippen LogP contribution in [0.2, 0.25) is 0 Å². The first-order valence-electron chi connectivity index (χ1n) is 10.8. The Balaban J connectivity index is 1.35. The second-order valence-electron chi connectivity index (χ2n) is 7.81. The molecule has 0 amide bonds. The van der Waals surface area contributed by atoms with Gasteiger partial charge in [0, 0.05) is 23.0 Å². The molecule has 4 rings (SSSR count). The number of halogens is 1. The topological polar surface area (TPSA) is 59.2 Å². The van der Waals surface area contributed by atoms with Gasteiger partial charge in [0.1, 0.15) is 12.4 Å². The minimum Gasteiger partial charge on any atom is -0.493 e. The molecule has 32 heavy (non-hydrogen) atoms. The van der Waals surface area contributed by atoms with Gasteiger partial charge in [0.15, 0.2) is 11.5 Å². The van der Waals surface area contributed by atoms with E-state index in [0.717, 1.165) is 63.3 Å². The normalized spacial score (nSPS) is 11.1. The number of hydrogen-bond acceptors (Lipinski definition) is 4. The number of nitrogens with one attached hydrogen (secondary N) is 2. The van der Waals surface area contributed by atoms with Crippen molar-refractivity contribution in [3.8, 4) is 11.5 Å². The molecule has 0 aliphatic heterocycles. The number of rotatable bonds is 10. The predicted molar refractivity (Wildman–Crippen MR) is 132 cm³/mol. The van der Waals surface area contributed by atoms with Gasteiger partial charge in [-0.15, -0.1) is 0 Å². The van der Waals surface area contributed by atoms with E-state index in [2.05, 4.69) is 68.5 Å². The Labute approximate surface area is 197 Å². The van der Waals surface area contributed by atoms with Crippen LogP contribution >= 0.6 is 15.9 Å². The number of ether oxygens (including phenoxy) is 2.